The molecule has 0 aromatic heterocycles. The normalized spacial score (nSPS) is 24.1. The van der Waals surface area contributed by atoms with Crippen molar-refractivity contribution in [1.29, 1.82) is 0 Å². The third kappa shape index (κ3) is 3.48. The van der Waals surface area contributed by atoms with Crippen molar-refractivity contribution in [1.82, 2.24) is 10.2 Å². The van der Waals surface area contributed by atoms with E-state index in [-0.39, 0.29) is 0 Å². The SMILES string of the molecule is O=C(CC1CCCCC1)N1CCCNCC1. The second-order valence-corrected chi connectivity index (χ2v) is 5.19. The van der Waals surface area contributed by atoms with Gasteiger partial charge >= 0.3 is 0 Å². The standard InChI is InChI=1S/C13H24N2O/c16-13(11-12-5-2-1-3-6-12)15-9-4-7-14-8-10-15/h12,14H,1-11H2. The number of nitrogens with zero attached hydrogens (tertiary/aromatic N) is 1. The van der Waals surface area contributed by atoms with Gasteiger partial charge in [0.25, 0.3) is 0 Å². The first kappa shape index (κ1) is 11.9. The van der Waals surface area contributed by atoms with Crippen molar-refractivity contribution in [3.8, 4) is 0 Å². The van der Waals surface area contributed by atoms with Gasteiger partial charge in [-0.15, -0.1) is 0 Å². The maximum atomic E-state index is 12.1. The summed E-state index contributed by atoms with van der Waals surface area (Å²) >= 11 is 0. The van der Waals surface area contributed by atoms with Crippen LogP contribution in [0.15, 0.2) is 0 Å². The molecule has 3 nitrogen and oxygen atoms in total. The van der Waals surface area contributed by atoms with Crippen LogP contribution in [0.5, 0.6) is 0 Å². The van der Waals surface area contributed by atoms with Gasteiger partial charge in [0.15, 0.2) is 0 Å². The summed E-state index contributed by atoms with van der Waals surface area (Å²) in [7, 11) is 0. The first-order valence-corrected chi connectivity index (χ1v) is 6.85. The molecule has 2 fully saturated rings. The lowest BCUT2D eigenvalue weighted by molar-refractivity contribution is -0.132. The molecule has 0 radical (unpaired) electrons. The van der Waals surface area contributed by atoms with Crippen molar-refractivity contribution < 1.29 is 4.79 Å². The zero-order valence-electron chi connectivity index (χ0n) is 10.2. The average Bonchev–Trinajstić information content (AvgIpc) is 2.59. The first-order chi connectivity index (χ1) is 7.86. The quantitative estimate of drug-likeness (QED) is 0.775. The molecule has 1 amide bonds. The minimum atomic E-state index is 0.399. The number of hydrogen-bond acceptors (Lipinski definition) is 2. The van der Waals surface area contributed by atoms with E-state index in [1.54, 1.807) is 0 Å². The van der Waals surface area contributed by atoms with E-state index in [2.05, 4.69) is 10.2 Å². The molecule has 1 aliphatic carbocycles. The van der Waals surface area contributed by atoms with Crippen LogP contribution in [0.4, 0.5) is 0 Å². The largest absolute Gasteiger partial charge is 0.341 e. The van der Waals surface area contributed by atoms with Crippen LogP contribution in [-0.4, -0.2) is 37.0 Å². The highest BCUT2D eigenvalue weighted by atomic mass is 16.2. The summed E-state index contributed by atoms with van der Waals surface area (Å²) in [6, 6.07) is 0. The highest BCUT2D eigenvalue weighted by Crippen LogP contribution is 2.26. The van der Waals surface area contributed by atoms with Gasteiger partial charge in [0.05, 0.1) is 0 Å². The van der Waals surface area contributed by atoms with Crippen LogP contribution >= 0.6 is 0 Å². The van der Waals surface area contributed by atoms with Crippen molar-refractivity contribution in [2.24, 2.45) is 5.92 Å². The fraction of sp³-hybridized carbons (Fsp3) is 0.923. The number of nitrogens with one attached hydrogen (secondary N) is 1. The molecule has 1 heterocycles. The molecule has 0 aromatic rings. The van der Waals surface area contributed by atoms with Crippen LogP contribution in [0.1, 0.15) is 44.9 Å². The molecule has 92 valence electrons. The van der Waals surface area contributed by atoms with Gasteiger partial charge in [0.1, 0.15) is 0 Å². The fourth-order valence-corrected chi connectivity index (χ4v) is 2.86. The predicted molar refractivity (Wildman–Crippen MR) is 65.3 cm³/mol. The smallest absolute Gasteiger partial charge is 0.222 e. The van der Waals surface area contributed by atoms with Gasteiger partial charge < -0.3 is 10.2 Å². The topological polar surface area (TPSA) is 32.3 Å². The zero-order valence-corrected chi connectivity index (χ0v) is 10.2. The average molecular weight is 224 g/mol. The third-order valence-corrected chi connectivity index (χ3v) is 3.88. The van der Waals surface area contributed by atoms with Crippen molar-refractivity contribution in [2.45, 2.75) is 44.9 Å². The molecule has 1 aliphatic heterocycles. The summed E-state index contributed by atoms with van der Waals surface area (Å²) in [6.07, 6.45) is 8.50. The Kier molecular flexibility index (Phi) is 4.64. The molecular formula is C13H24N2O. The molecule has 0 spiro atoms. The Balaban J connectivity index is 1.76. The van der Waals surface area contributed by atoms with Crippen LogP contribution < -0.4 is 5.32 Å². The Morgan fingerprint density at radius 2 is 1.88 bits per heavy atom. The van der Waals surface area contributed by atoms with Gasteiger partial charge in [-0.1, -0.05) is 19.3 Å². The highest BCUT2D eigenvalue weighted by molar-refractivity contribution is 5.76. The Labute approximate surface area is 98.6 Å². The lowest BCUT2D eigenvalue weighted by Gasteiger charge is -2.25. The van der Waals surface area contributed by atoms with E-state index in [1.165, 1.54) is 32.1 Å². The van der Waals surface area contributed by atoms with Crippen molar-refractivity contribution in [3.05, 3.63) is 0 Å². The maximum Gasteiger partial charge on any atom is 0.222 e. The molecule has 16 heavy (non-hydrogen) atoms. The Bertz CT molecular complexity index is 216. The fourth-order valence-electron chi connectivity index (χ4n) is 2.86. The van der Waals surface area contributed by atoms with Crippen LogP contribution in [0.25, 0.3) is 0 Å². The number of carbonyl (C=O) groups is 1. The number of hydrogen-bond donors (Lipinski definition) is 1. The predicted octanol–water partition coefficient (Wildman–Crippen LogP) is 1.78. The minimum absolute atomic E-state index is 0.399. The Hall–Kier alpha value is -0.570. The summed E-state index contributed by atoms with van der Waals surface area (Å²) in [5.41, 5.74) is 0. The van der Waals surface area contributed by atoms with Gasteiger partial charge in [-0.05, 0) is 31.7 Å². The lowest BCUT2D eigenvalue weighted by Crippen LogP contribution is -2.35. The van der Waals surface area contributed by atoms with Crippen molar-refractivity contribution in [3.63, 3.8) is 0 Å². The van der Waals surface area contributed by atoms with Gasteiger partial charge in [-0.25, -0.2) is 0 Å². The molecule has 1 saturated heterocycles. The van der Waals surface area contributed by atoms with Gasteiger partial charge in [-0.2, -0.15) is 0 Å². The summed E-state index contributed by atoms with van der Waals surface area (Å²) in [4.78, 5) is 14.2. The van der Waals surface area contributed by atoms with E-state index in [9.17, 15) is 4.79 Å². The van der Waals surface area contributed by atoms with E-state index >= 15 is 0 Å². The first-order valence-electron chi connectivity index (χ1n) is 6.85. The minimum Gasteiger partial charge on any atom is -0.341 e. The van der Waals surface area contributed by atoms with Gasteiger partial charge in [0.2, 0.25) is 5.91 Å². The summed E-state index contributed by atoms with van der Waals surface area (Å²) in [5, 5.41) is 3.34. The van der Waals surface area contributed by atoms with E-state index < -0.39 is 0 Å². The van der Waals surface area contributed by atoms with E-state index in [0.717, 1.165) is 39.0 Å². The Morgan fingerprint density at radius 3 is 2.69 bits per heavy atom. The highest BCUT2D eigenvalue weighted by Gasteiger charge is 2.21. The van der Waals surface area contributed by atoms with Crippen LogP contribution in [0, 0.1) is 5.92 Å². The molecule has 2 aliphatic rings. The second kappa shape index (κ2) is 6.24. The van der Waals surface area contributed by atoms with Gasteiger partial charge in [0, 0.05) is 26.1 Å². The molecule has 0 aromatic carbocycles. The monoisotopic (exact) mass is 224 g/mol. The summed E-state index contributed by atoms with van der Waals surface area (Å²) in [6.45, 7) is 3.90. The summed E-state index contributed by atoms with van der Waals surface area (Å²) < 4.78 is 0. The maximum absolute atomic E-state index is 12.1. The third-order valence-electron chi connectivity index (χ3n) is 3.88. The number of amides is 1. The van der Waals surface area contributed by atoms with Crippen molar-refractivity contribution in [2.75, 3.05) is 26.2 Å². The molecular weight excluding hydrogens is 200 g/mol. The molecule has 0 atom stereocenters. The van der Waals surface area contributed by atoms with Crippen molar-refractivity contribution >= 4 is 5.91 Å². The van der Waals surface area contributed by atoms with Crippen LogP contribution in [-0.2, 0) is 4.79 Å². The number of carbonyl (C=O) groups excluding carboxylic acids is 1. The summed E-state index contributed by atoms with van der Waals surface area (Å²) in [5.74, 6) is 1.08. The van der Waals surface area contributed by atoms with E-state index in [1.807, 2.05) is 0 Å². The molecule has 3 heteroatoms. The zero-order chi connectivity index (χ0) is 11.2. The molecule has 1 N–H and O–H groups in total. The number of rotatable bonds is 2. The lowest BCUT2D eigenvalue weighted by atomic mass is 9.86. The van der Waals surface area contributed by atoms with Gasteiger partial charge in [-0.3, -0.25) is 4.79 Å². The molecule has 0 unspecified atom stereocenters. The van der Waals surface area contributed by atoms with E-state index in [0.29, 0.717) is 11.8 Å². The van der Waals surface area contributed by atoms with Crippen LogP contribution in [0.2, 0.25) is 0 Å². The van der Waals surface area contributed by atoms with E-state index in [4.69, 9.17) is 0 Å². The second-order valence-electron chi connectivity index (χ2n) is 5.19. The molecule has 2 rings (SSSR count). The Morgan fingerprint density at radius 1 is 1.06 bits per heavy atom. The molecule has 0 bridgehead atoms. The molecule has 1 saturated carbocycles. The van der Waals surface area contributed by atoms with Crippen LogP contribution in [0.3, 0.4) is 0 Å².